The van der Waals surface area contributed by atoms with Crippen LogP contribution in [0.2, 0.25) is 0 Å². The first kappa shape index (κ1) is 19.6. The van der Waals surface area contributed by atoms with Crippen molar-refractivity contribution in [2.24, 2.45) is 0 Å². The maximum Gasteiger partial charge on any atom is 0.409 e. The molecule has 8 nitrogen and oxygen atoms in total. The number of carbonyl (C=O) groups is 2. The van der Waals surface area contributed by atoms with Gasteiger partial charge in [0.05, 0.1) is 6.61 Å². The summed E-state index contributed by atoms with van der Waals surface area (Å²) in [5.41, 5.74) is 2.65. The number of rotatable bonds is 5. The fourth-order valence-electron chi connectivity index (χ4n) is 3.04. The van der Waals surface area contributed by atoms with Crippen LogP contribution in [0.15, 0.2) is 36.5 Å². The molecule has 0 atom stereocenters. The van der Waals surface area contributed by atoms with E-state index < -0.39 is 0 Å². The minimum atomic E-state index is -0.334. The largest absolute Gasteiger partial charge is 0.450 e. The lowest BCUT2D eigenvalue weighted by Crippen LogP contribution is -2.50. The Bertz CT molecular complexity index is 834. The van der Waals surface area contributed by atoms with Gasteiger partial charge >= 0.3 is 6.09 Å². The molecule has 1 N–H and O–H groups in total. The number of amides is 2. The number of nitrogens with one attached hydrogen (secondary N) is 1. The molecule has 8 heteroatoms. The summed E-state index contributed by atoms with van der Waals surface area (Å²) in [7, 11) is 0. The van der Waals surface area contributed by atoms with E-state index in [1.165, 1.54) is 5.56 Å². The second-order valence-electron chi connectivity index (χ2n) is 6.59. The number of hydrogen-bond acceptors (Lipinski definition) is 6. The molecule has 0 radical (unpaired) electrons. The number of nitrogens with zero attached hydrogens (tertiary/aromatic N) is 4. The summed E-state index contributed by atoms with van der Waals surface area (Å²) in [4.78, 5) is 36.4. The molecule has 3 rings (SSSR count). The summed E-state index contributed by atoms with van der Waals surface area (Å²) in [6.45, 7) is 6.55. The highest BCUT2D eigenvalue weighted by molar-refractivity contribution is 5.92. The Balaban J connectivity index is 1.57. The number of hydrogen-bond donors (Lipinski definition) is 1. The zero-order valence-corrected chi connectivity index (χ0v) is 16.2. The van der Waals surface area contributed by atoms with Crippen LogP contribution in [0, 0.1) is 6.92 Å². The van der Waals surface area contributed by atoms with Crippen LogP contribution >= 0.6 is 0 Å². The van der Waals surface area contributed by atoms with Crippen LogP contribution in [-0.2, 0) is 11.3 Å². The molecule has 1 aliphatic rings. The summed E-state index contributed by atoms with van der Waals surface area (Å²) < 4.78 is 5.00. The van der Waals surface area contributed by atoms with Crippen molar-refractivity contribution in [3.8, 4) is 0 Å². The predicted octanol–water partition coefficient (Wildman–Crippen LogP) is 2.31. The Hall–Kier alpha value is -3.16. The van der Waals surface area contributed by atoms with Gasteiger partial charge in [-0.15, -0.1) is 0 Å². The molecule has 1 aromatic carbocycles. The fraction of sp³-hybridized carbons (Fsp3) is 0.400. The summed E-state index contributed by atoms with van der Waals surface area (Å²) in [5, 5.41) is 3.16. The van der Waals surface area contributed by atoms with Crippen molar-refractivity contribution in [1.29, 1.82) is 0 Å². The molecule has 0 bridgehead atoms. The lowest BCUT2D eigenvalue weighted by Gasteiger charge is -2.33. The van der Waals surface area contributed by atoms with Gasteiger partial charge in [-0.25, -0.2) is 14.8 Å². The van der Waals surface area contributed by atoms with E-state index in [0.29, 0.717) is 51.0 Å². The van der Waals surface area contributed by atoms with E-state index in [0.717, 1.165) is 5.56 Å². The van der Waals surface area contributed by atoms with E-state index in [1.807, 2.05) is 25.1 Å². The van der Waals surface area contributed by atoms with Gasteiger partial charge in [0.25, 0.3) is 5.91 Å². The Morgan fingerprint density at radius 1 is 1.14 bits per heavy atom. The Kier molecular flexibility index (Phi) is 6.41. The first-order valence-corrected chi connectivity index (χ1v) is 9.40. The summed E-state index contributed by atoms with van der Waals surface area (Å²) in [5.74, 6) is 0.252. The molecular formula is C20H25N5O3. The Morgan fingerprint density at radius 2 is 1.89 bits per heavy atom. The number of aryl methyl sites for hydroxylation is 1. The van der Waals surface area contributed by atoms with Crippen LogP contribution in [0.4, 0.5) is 10.7 Å². The zero-order valence-electron chi connectivity index (χ0n) is 16.2. The highest BCUT2D eigenvalue weighted by atomic mass is 16.6. The van der Waals surface area contributed by atoms with Crippen molar-refractivity contribution in [3.63, 3.8) is 0 Å². The number of carbonyl (C=O) groups excluding carboxylic acids is 2. The van der Waals surface area contributed by atoms with Crippen molar-refractivity contribution in [2.45, 2.75) is 20.4 Å². The molecule has 0 unspecified atom stereocenters. The second kappa shape index (κ2) is 9.16. The molecule has 1 fully saturated rings. The maximum absolute atomic E-state index is 12.7. The minimum Gasteiger partial charge on any atom is -0.450 e. The van der Waals surface area contributed by atoms with Gasteiger partial charge in [-0.1, -0.05) is 29.8 Å². The van der Waals surface area contributed by atoms with Crippen LogP contribution < -0.4 is 5.32 Å². The Labute approximate surface area is 164 Å². The molecule has 2 heterocycles. The van der Waals surface area contributed by atoms with E-state index >= 15 is 0 Å². The molecule has 1 aliphatic heterocycles. The first-order valence-electron chi connectivity index (χ1n) is 9.40. The third-order valence-corrected chi connectivity index (χ3v) is 4.50. The van der Waals surface area contributed by atoms with Crippen molar-refractivity contribution in [3.05, 3.63) is 53.3 Å². The normalized spacial score (nSPS) is 13.9. The number of anilines is 1. The first-order chi connectivity index (χ1) is 13.6. The molecular weight excluding hydrogens is 358 g/mol. The summed E-state index contributed by atoms with van der Waals surface area (Å²) in [6, 6.07) is 9.77. The third kappa shape index (κ3) is 4.97. The van der Waals surface area contributed by atoms with Crippen LogP contribution in [-0.4, -0.2) is 64.6 Å². The second-order valence-corrected chi connectivity index (χ2v) is 6.59. The molecule has 2 amide bonds. The molecule has 0 aliphatic carbocycles. The van der Waals surface area contributed by atoms with E-state index in [2.05, 4.69) is 21.4 Å². The van der Waals surface area contributed by atoms with Crippen LogP contribution in [0.3, 0.4) is 0 Å². The van der Waals surface area contributed by atoms with E-state index in [-0.39, 0.29) is 12.0 Å². The minimum absolute atomic E-state index is 0.162. The van der Waals surface area contributed by atoms with Crippen molar-refractivity contribution < 1.29 is 14.3 Å². The number of piperazine rings is 1. The summed E-state index contributed by atoms with van der Waals surface area (Å²) >= 11 is 0. The van der Waals surface area contributed by atoms with Gasteiger partial charge in [0.1, 0.15) is 5.69 Å². The lowest BCUT2D eigenvalue weighted by molar-refractivity contribution is 0.0566. The van der Waals surface area contributed by atoms with Gasteiger partial charge in [-0.2, -0.15) is 0 Å². The van der Waals surface area contributed by atoms with Crippen LogP contribution in [0.5, 0.6) is 0 Å². The highest BCUT2D eigenvalue weighted by Gasteiger charge is 2.26. The van der Waals surface area contributed by atoms with Crippen molar-refractivity contribution >= 4 is 17.9 Å². The lowest BCUT2D eigenvalue weighted by atomic mass is 10.1. The SMILES string of the molecule is CCOC(=O)N1CCN(C(=O)c2ccnc(NCc3cccc(C)c3)n2)CC1. The van der Waals surface area contributed by atoms with Gasteiger partial charge in [0, 0.05) is 38.9 Å². The molecule has 1 saturated heterocycles. The van der Waals surface area contributed by atoms with E-state index in [4.69, 9.17) is 4.74 Å². The summed E-state index contributed by atoms with van der Waals surface area (Å²) in [6.07, 6.45) is 1.24. The topological polar surface area (TPSA) is 87.7 Å². The molecule has 0 spiro atoms. The van der Waals surface area contributed by atoms with Gasteiger partial charge < -0.3 is 19.9 Å². The number of benzene rings is 1. The van der Waals surface area contributed by atoms with Crippen LogP contribution in [0.25, 0.3) is 0 Å². The van der Waals surface area contributed by atoms with E-state index in [1.54, 1.807) is 29.0 Å². The molecule has 1 aromatic heterocycles. The van der Waals surface area contributed by atoms with Crippen LogP contribution in [0.1, 0.15) is 28.5 Å². The predicted molar refractivity (Wildman–Crippen MR) is 105 cm³/mol. The fourth-order valence-corrected chi connectivity index (χ4v) is 3.04. The number of ether oxygens (including phenoxy) is 1. The smallest absolute Gasteiger partial charge is 0.409 e. The molecule has 0 saturated carbocycles. The average molecular weight is 383 g/mol. The van der Waals surface area contributed by atoms with Crippen molar-refractivity contribution in [2.75, 3.05) is 38.1 Å². The number of aromatic nitrogens is 2. The third-order valence-electron chi connectivity index (χ3n) is 4.50. The molecule has 148 valence electrons. The zero-order chi connectivity index (χ0) is 19.9. The van der Waals surface area contributed by atoms with Gasteiger partial charge in [-0.3, -0.25) is 4.79 Å². The standard InChI is InChI=1S/C20H25N5O3/c1-3-28-20(27)25-11-9-24(10-12-25)18(26)17-7-8-21-19(23-17)22-14-16-6-4-5-15(2)13-16/h4-8,13H,3,9-12,14H2,1-2H3,(H,21,22,23). The average Bonchev–Trinajstić information content (AvgIpc) is 2.72. The van der Waals surface area contributed by atoms with Gasteiger partial charge in [0.15, 0.2) is 0 Å². The molecule has 2 aromatic rings. The Morgan fingerprint density at radius 3 is 2.61 bits per heavy atom. The van der Waals surface area contributed by atoms with E-state index in [9.17, 15) is 9.59 Å². The quantitative estimate of drug-likeness (QED) is 0.853. The van der Waals surface area contributed by atoms with Gasteiger partial charge in [-0.05, 0) is 25.5 Å². The van der Waals surface area contributed by atoms with Gasteiger partial charge in [0.2, 0.25) is 5.95 Å². The maximum atomic E-state index is 12.7. The monoisotopic (exact) mass is 383 g/mol. The van der Waals surface area contributed by atoms with Crippen molar-refractivity contribution in [1.82, 2.24) is 19.8 Å². The molecule has 28 heavy (non-hydrogen) atoms. The highest BCUT2D eigenvalue weighted by Crippen LogP contribution is 2.11.